The average molecular weight is 378 g/mol. The van der Waals surface area contributed by atoms with Crippen molar-refractivity contribution in [1.82, 2.24) is 4.57 Å². The van der Waals surface area contributed by atoms with Crippen molar-refractivity contribution in [1.29, 1.82) is 0 Å². The zero-order chi connectivity index (χ0) is 17.2. The minimum absolute atomic E-state index is 0.141. The highest BCUT2D eigenvalue weighted by Crippen LogP contribution is 2.27. The molecule has 1 aliphatic rings. The summed E-state index contributed by atoms with van der Waals surface area (Å²) in [7, 11) is 0. The van der Waals surface area contributed by atoms with Gasteiger partial charge in [0.15, 0.2) is 10.6 Å². The monoisotopic (exact) mass is 378 g/mol. The van der Waals surface area contributed by atoms with Crippen molar-refractivity contribution < 1.29 is 13.5 Å². The molecule has 0 amide bonds. The van der Waals surface area contributed by atoms with Crippen molar-refractivity contribution in [3.8, 4) is 10.6 Å². The Morgan fingerprint density at radius 1 is 1.24 bits per heavy atom. The van der Waals surface area contributed by atoms with Crippen LogP contribution < -0.4 is 4.80 Å². The first kappa shape index (κ1) is 16.6. The molecule has 25 heavy (non-hydrogen) atoms. The Kier molecular flexibility index (Phi) is 4.78. The molecule has 3 aromatic rings. The van der Waals surface area contributed by atoms with Gasteiger partial charge in [-0.15, -0.1) is 22.7 Å². The molecular formula is C18H16F2N2OS2. The summed E-state index contributed by atoms with van der Waals surface area (Å²) >= 11 is 3.11. The third-order valence-corrected chi connectivity index (χ3v) is 5.86. The number of thiophene rings is 1. The fraction of sp³-hybridized carbons (Fsp3) is 0.278. The zero-order valence-corrected chi connectivity index (χ0v) is 15.0. The lowest BCUT2D eigenvalue weighted by molar-refractivity contribution is 0.0968. The Balaban J connectivity index is 1.79. The van der Waals surface area contributed by atoms with Gasteiger partial charge >= 0.3 is 0 Å². The predicted octanol–water partition coefficient (Wildman–Crippen LogP) is 4.97. The maximum atomic E-state index is 14.0. The Morgan fingerprint density at radius 3 is 2.88 bits per heavy atom. The molecule has 130 valence electrons. The van der Waals surface area contributed by atoms with E-state index in [-0.39, 0.29) is 11.8 Å². The highest BCUT2D eigenvalue weighted by atomic mass is 32.1. The summed E-state index contributed by atoms with van der Waals surface area (Å²) in [5.41, 5.74) is 1.19. The van der Waals surface area contributed by atoms with E-state index >= 15 is 0 Å². The molecule has 4 rings (SSSR count). The maximum Gasteiger partial charge on any atom is 0.190 e. The largest absolute Gasteiger partial charge is 0.376 e. The van der Waals surface area contributed by atoms with E-state index in [1.807, 2.05) is 16.8 Å². The molecule has 3 nitrogen and oxygen atoms in total. The molecular weight excluding hydrogens is 362 g/mol. The Morgan fingerprint density at radius 2 is 2.16 bits per heavy atom. The van der Waals surface area contributed by atoms with E-state index in [2.05, 4.69) is 15.6 Å². The SMILES string of the molecule is Fc1ccc(N=c2scc(-c3cccs3)n2CC2CCCO2)c(F)c1. The third kappa shape index (κ3) is 3.58. The van der Waals surface area contributed by atoms with Crippen LogP contribution in [0.2, 0.25) is 0 Å². The van der Waals surface area contributed by atoms with Gasteiger partial charge in [-0.05, 0) is 36.4 Å². The van der Waals surface area contributed by atoms with Crippen molar-refractivity contribution in [2.24, 2.45) is 4.99 Å². The fourth-order valence-electron chi connectivity index (χ4n) is 2.88. The molecule has 1 aliphatic heterocycles. The van der Waals surface area contributed by atoms with Crippen molar-refractivity contribution in [2.45, 2.75) is 25.5 Å². The van der Waals surface area contributed by atoms with E-state index in [9.17, 15) is 8.78 Å². The number of ether oxygens (including phenoxy) is 1. The van der Waals surface area contributed by atoms with Crippen LogP contribution in [0.1, 0.15) is 12.8 Å². The Bertz CT molecular complexity index is 925. The van der Waals surface area contributed by atoms with Crippen LogP contribution in [0.4, 0.5) is 14.5 Å². The number of hydrogen-bond acceptors (Lipinski definition) is 4. The predicted molar refractivity (Wildman–Crippen MR) is 96.2 cm³/mol. The van der Waals surface area contributed by atoms with E-state index in [0.29, 0.717) is 11.3 Å². The molecule has 0 N–H and O–H groups in total. The van der Waals surface area contributed by atoms with Gasteiger partial charge in [-0.25, -0.2) is 13.8 Å². The van der Waals surface area contributed by atoms with Crippen LogP contribution in [-0.2, 0) is 11.3 Å². The number of thiazole rings is 1. The van der Waals surface area contributed by atoms with Gasteiger partial charge < -0.3 is 9.30 Å². The highest BCUT2D eigenvalue weighted by Gasteiger charge is 2.19. The van der Waals surface area contributed by atoms with Crippen LogP contribution in [0.15, 0.2) is 46.1 Å². The molecule has 1 saturated heterocycles. The van der Waals surface area contributed by atoms with Gasteiger partial charge in [-0.3, -0.25) is 0 Å². The molecule has 1 aromatic carbocycles. The number of benzene rings is 1. The van der Waals surface area contributed by atoms with Crippen LogP contribution in [0.25, 0.3) is 10.6 Å². The van der Waals surface area contributed by atoms with Crippen LogP contribution in [0.5, 0.6) is 0 Å². The van der Waals surface area contributed by atoms with Crippen molar-refractivity contribution in [2.75, 3.05) is 6.61 Å². The summed E-state index contributed by atoms with van der Waals surface area (Å²) in [5, 5.41) is 4.06. The summed E-state index contributed by atoms with van der Waals surface area (Å²) in [5.74, 6) is -1.26. The van der Waals surface area contributed by atoms with Gasteiger partial charge in [0.25, 0.3) is 0 Å². The lowest BCUT2D eigenvalue weighted by Crippen LogP contribution is -2.23. The normalized spacial score (nSPS) is 18.2. The van der Waals surface area contributed by atoms with Gasteiger partial charge in [0.2, 0.25) is 0 Å². The van der Waals surface area contributed by atoms with Crippen LogP contribution in [0.3, 0.4) is 0 Å². The summed E-state index contributed by atoms with van der Waals surface area (Å²) in [4.78, 5) is 6.26. The first-order valence-corrected chi connectivity index (χ1v) is 9.80. The van der Waals surface area contributed by atoms with Crippen molar-refractivity contribution in [3.05, 3.63) is 57.5 Å². The number of rotatable bonds is 4. The first-order chi connectivity index (χ1) is 12.2. The summed E-state index contributed by atoms with van der Waals surface area (Å²) in [6.45, 7) is 1.46. The summed E-state index contributed by atoms with van der Waals surface area (Å²) in [6, 6.07) is 7.51. The topological polar surface area (TPSA) is 26.5 Å². The van der Waals surface area contributed by atoms with E-state index < -0.39 is 11.6 Å². The molecule has 0 radical (unpaired) electrons. The third-order valence-electron chi connectivity index (χ3n) is 4.11. The Hall–Kier alpha value is -1.83. The minimum Gasteiger partial charge on any atom is -0.376 e. The molecule has 2 aromatic heterocycles. The summed E-state index contributed by atoms with van der Waals surface area (Å²) < 4.78 is 35.0. The van der Waals surface area contributed by atoms with Crippen LogP contribution >= 0.6 is 22.7 Å². The smallest absolute Gasteiger partial charge is 0.190 e. The van der Waals surface area contributed by atoms with Crippen LogP contribution in [0, 0.1) is 11.6 Å². The van der Waals surface area contributed by atoms with Gasteiger partial charge in [-0.1, -0.05) is 6.07 Å². The molecule has 0 spiro atoms. The van der Waals surface area contributed by atoms with Gasteiger partial charge in [-0.2, -0.15) is 0 Å². The van der Waals surface area contributed by atoms with Crippen LogP contribution in [-0.4, -0.2) is 17.3 Å². The zero-order valence-electron chi connectivity index (χ0n) is 13.3. The quantitative estimate of drug-likeness (QED) is 0.630. The molecule has 1 fully saturated rings. The highest BCUT2D eigenvalue weighted by molar-refractivity contribution is 7.14. The second-order valence-electron chi connectivity index (χ2n) is 5.83. The number of halogens is 2. The van der Waals surface area contributed by atoms with Gasteiger partial charge in [0, 0.05) is 18.1 Å². The lowest BCUT2D eigenvalue weighted by Gasteiger charge is -2.13. The van der Waals surface area contributed by atoms with E-state index in [1.165, 1.54) is 23.5 Å². The minimum atomic E-state index is -0.658. The maximum absolute atomic E-state index is 14.0. The molecule has 1 atom stereocenters. The van der Waals surface area contributed by atoms with Crippen molar-refractivity contribution in [3.63, 3.8) is 0 Å². The molecule has 0 aliphatic carbocycles. The van der Waals surface area contributed by atoms with E-state index in [1.54, 1.807) is 11.3 Å². The number of nitrogens with zero attached hydrogens (tertiary/aromatic N) is 2. The second-order valence-corrected chi connectivity index (χ2v) is 7.62. The fourth-order valence-corrected chi connectivity index (χ4v) is 4.63. The molecule has 7 heteroatoms. The van der Waals surface area contributed by atoms with Gasteiger partial charge in [0.1, 0.15) is 11.5 Å². The molecule has 1 unspecified atom stereocenters. The number of aromatic nitrogens is 1. The molecule has 0 saturated carbocycles. The van der Waals surface area contributed by atoms with Crippen molar-refractivity contribution >= 4 is 28.4 Å². The molecule has 3 heterocycles. The van der Waals surface area contributed by atoms with Gasteiger partial charge in [0.05, 0.1) is 23.2 Å². The Labute approximate surface area is 151 Å². The lowest BCUT2D eigenvalue weighted by atomic mass is 10.2. The number of hydrogen-bond donors (Lipinski definition) is 0. The van der Waals surface area contributed by atoms with E-state index in [4.69, 9.17) is 4.74 Å². The first-order valence-electron chi connectivity index (χ1n) is 8.04. The summed E-state index contributed by atoms with van der Waals surface area (Å²) in [6.07, 6.45) is 2.21. The standard InChI is InChI=1S/C18H16F2N2OS2/c19-12-5-6-15(14(20)9-12)21-18-22(10-13-3-1-7-23-13)16(11-25-18)17-4-2-8-24-17/h2,4-6,8-9,11,13H,1,3,7,10H2. The average Bonchev–Trinajstić information content (AvgIpc) is 3.33. The van der Waals surface area contributed by atoms with E-state index in [0.717, 1.165) is 36.1 Å². The molecule has 0 bridgehead atoms. The second kappa shape index (κ2) is 7.19.